The lowest BCUT2D eigenvalue weighted by Gasteiger charge is -2.15. The smallest absolute Gasteiger partial charge is 0.331 e. The fraction of sp³-hybridized carbons (Fsp3) is 0.0769. The van der Waals surface area contributed by atoms with Crippen molar-refractivity contribution in [2.24, 2.45) is 0 Å². The van der Waals surface area contributed by atoms with Crippen LogP contribution in [-0.4, -0.2) is 11.1 Å². The summed E-state index contributed by atoms with van der Waals surface area (Å²) in [6, 6.07) is 9.92. The number of hydrogen-bond donors (Lipinski definition) is 2. The Morgan fingerprint density at radius 3 is 2.79 bits per heavy atom. The molecule has 0 amide bonds. The Hall–Kier alpha value is -1.84. The molecule has 1 atom stereocenters. The van der Waals surface area contributed by atoms with Gasteiger partial charge in [-0.2, -0.15) is 5.26 Å². The number of thiophene rings is 1. The zero-order valence-electron chi connectivity index (χ0n) is 9.63. The summed E-state index contributed by atoms with van der Waals surface area (Å²) in [5, 5.41) is 23.1. The van der Waals surface area contributed by atoms with Crippen LogP contribution >= 0.6 is 27.3 Å². The highest BCUT2D eigenvalue weighted by molar-refractivity contribution is 9.10. The van der Waals surface area contributed by atoms with Gasteiger partial charge >= 0.3 is 5.97 Å². The molecule has 0 radical (unpaired) electrons. The van der Waals surface area contributed by atoms with E-state index in [-0.39, 0.29) is 0 Å². The minimum Gasteiger partial charge on any atom is -0.479 e. The van der Waals surface area contributed by atoms with Crippen LogP contribution in [0.25, 0.3) is 0 Å². The van der Waals surface area contributed by atoms with Gasteiger partial charge in [0.2, 0.25) is 0 Å². The number of aliphatic carboxylic acids is 1. The summed E-state index contributed by atoms with van der Waals surface area (Å²) >= 11 is 4.63. The molecule has 1 aromatic carbocycles. The van der Waals surface area contributed by atoms with Gasteiger partial charge in [0.1, 0.15) is 6.07 Å². The van der Waals surface area contributed by atoms with Gasteiger partial charge in [0.25, 0.3) is 0 Å². The van der Waals surface area contributed by atoms with E-state index in [2.05, 4.69) is 27.3 Å². The van der Waals surface area contributed by atoms with Gasteiger partial charge in [-0.05, 0) is 39.5 Å². The summed E-state index contributed by atoms with van der Waals surface area (Å²) in [5.41, 5.74) is 0.892. The summed E-state index contributed by atoms with van der Waals surface area (Å²) in [5.74, 6) is -0.980. The number of carboxylic acids is 1. The van der Waals surface area contributed by atoms with Gasteiger partial charge in [-0.25, -0.2) is 4.79 Å². The topological polar surface area (TPSA) is 73.1 Å². The van der Waals surface area contributed by atoms with Crippen LogP contribution in [0, 0.1) is 11.3 Å². The van der Waals surface area contributed by atoms with E-state index < -0.39 is 12.0 Å². The maximum atomic E-state index is 11.3. The summed E-state index contributed by atoms with van der Waals surface area (Å²) in [6.07, 6.45) is 0. The number of carbonyl (C=O) groups is 1. The molecule has 6 heteroatoms. The molecule has 4 nitrogen and oxygen atoms in total. The third-order valence-electron chi connectivity index (χ3n) is 2.50. The van der Waals surface area contributed by atoms with Crippen LogP contribution in [0.15, 0.2) is 40.2 Å². The minimum atomic E-state index is -0.980. The molecule has 0 aliphatic rings. The third-order valence-corrected chi connectivity index (χ3v) is 4.10. The van der Waals surface area contributed by atoms with E-state index in [0.717, 1.165) is 0 Å². The number of nitrogens with zero attached hydrogens (tertiary/aromatic N) is 1. The van der Waals surface area contributed by atoms with Gasteiger partial charge in [0.15, 0.2) is 6.04 Å². The van der Waals surface area contributed by atoms with Crippen molar-refractivity contribution >= 4 is 38.9 Å². The molecule has 0 bridgehead atoms. The van der Waals surface area contributed by atoms with Gasteiger partial charge in [0.05, 0.1) is 11.3 Å². The number of benzene rings is 1. The van der Waals surface area contributed by atoms with Crippen molar-refractivity contribution < 1.29 is 9.90 Å². The second-order valence-corrected chi connectivity index (χ2v) is 5.54. The van der Waals surface area contributed by atoms with E-state index >= 15 is 0 Å². The molecule has 0 aliphatic carbocycles. The molecule has 0 saturated heterocycles. The first-order valence-corrected chi connectivity index (χ1v) is 7.02. The van der Waals surface area contributed by atoms with Crippen LogP contribution in [0.4, 0.5) is 5.69 Å². The quantitative estimate of drug-likeness (QED) is 0.894. The minimum absolute atomic E-state index is 0.394. The van der Waals surface area contributed by atoms with Gasteiger partial charge < -0.3 is 10.4 Å². The molecular formula is C13H9BrN2O2S. The standard InChI is InChI=1S/C13H9BrN2O2S/c14-9-3-1-4-10(8(9)7-15)16-12(13(17)18)11-5-2-6-19-11/h1-6,12,16H,(H,17,18). The fourth-order valence-electron chi connectivity index (χ4n) is 1.62. The molecule has 0 aliphatic heterocycles. The number of nitrogens with one attached hydrogen (secondary N) is 1. The van der Waals surface area contributed by atoms with Gasteiger partial charge in [-0.1, -0.05) is 12.1 Å². The van der Waals surface area contributed by atoms with E-state index in [9.17, 15) is 9.90 Å². The van der Waals surface area contributed by atoms with Crippen LogP contribution in [0.2, 0.25) is 0 Å². The Morgan fingerprint density at radius 2 is 2.21 bits per heavy atom. The molecule has 1 heterocycles. The lowest BCUT2D eigenvalue weighted by atomic mass is 10.1. The molecule has 0 saturated carbocycles. The van der Waals surface area contributed by atoms with Crippen molar-refractivity contribution in [3.8, 4) is 6.07 Å². The number of anilines is 1. The Bertz CT molecular complexity index is 635. The maximum Gasteiger partial charge on any atom is 0.331 e. The average molecular weight is 337 g/mol. The summed E-state index contributed by atoms with van der Waals surface area (Å²) in [7, 11) is 0. The predicted molar refractivity (Wildman–Crippen MR) is 77.2 cm³/mol. The van der Waals surface area contributed by atoms with E-state index in [1.165, 1.54) is 11.3 Å². The first-order valence-electron chi connectivity index (χ1n) is 5.35. The van der Waals surface area contributed by atoms with Crippen LogP contribution in [0.1, 0.15) is 16.5 Å². The molecule has 2 rings (SSSR count). The van der Waals surface area contributed by atoms with Crippen LogP contribution < -0.4 is 5.32 Å². The Balaban J connectivity index is 2.36. The zero-order valence-corrected chi connectivity index (χ0v) is 12.0. The first kappa shape index (κ1) is 13.6. The Morgan fingerprint density at radius 1 is 1.42 bits per heavy atom. The third kappa shape index (κ3) is 2.95. The van der Waals surface area contributed by atoms with Crippen LogP contribution in [0.5, 0.6) is 0 Å². The van der Waals surface area contributed by atoms with E-state index in [1.807, 2.05) is 5.38 Å². The van der Waals surface area contributed by atoms with Crippen LogP contribution in [0.3, 0.4) is 0 Å². The second-order valence-electron chi connectivity index (χ2n) is 3.71. The summed E-state index contributed by atoms with van der Waals surface area (Å²) < 4.78 is 0.635. The van der Waals surface area contributed by atoms with E-state index in [0.29, 0.717) is 20.6 Å². The lowest BCUT2D eigenvalue weighted by molar-refractivity contribution is -0.138. The molecule has 1 aromatic heterocycles. The highest BCUT2D eigenvalue weighted by Crippen LogP contribution is 2.29. The zero-order chi connectivity index (χ0) is 13.8. The van der Waals surface area contributed by atoms with Crippen molar-refractivity contribution in [1.82, 2.24) is 0 Å². The molecule has 19 heavy (non-hydrogen) atoms. The first-order chi connectivity index (χ1) is 9.13. The second kappa shape index (κ2) is 5.87. The van der Waals surface area contributed by atoms with Gasteiger partial charge in [0, 0.05) is 9.35 Å². The maximum absolute atomic E-state index is 11.3. The number of nitriles is 1. The van der Waals surface area contributed by atoms with Crippen molar-refractivity contribution in [1.29, 1.82) is 5.26 Å². The van der Waals surface area contributed by atoms with Crippen molar-refractivity contribution in [3.63, 3.8) is 0 Å². The fourth-order valence-corrected chi connectivity index (χ4v) is 2.85. The normalized spacial score (nSPS) is 11.6. The summed E-state index contributed by atoms with van der Waals surface area (Å²) in [6.45, 7) is 0. The molecule has 2 aromatic rings. The van der Waals surface area contributed by atoms with Gasteiger partial charge in [-0.3, -0.25) is 0 Å². The number of carboxylic acid groups (broad SMARTS) is 1. The molecule has 2 N–H and O–H groups in total. The highest BCUT2D eigenvalue weighted by Gasteiger charge is 2.22. The number of rotatable bonds is 4. The average Bonchev–Trinajstić information content (AvgIpc) is 2.89. The Kier molecular flexibility index (Phi) is 4.20. The molecule has 0 spiro atoms. The van der Waals surface area contributed by atoms with Crippen molar-refractivity contribution in [2.75, 3.05) is 5.32 Å². The van der Waals surface area contributed by atoms with Crippen LogP contribution in [-0.2, 0) is 4.79 Å². The molecule has 96 valence electrons. The van der Waals surface area contributed by atoms with Crippen molar-refractivity contribution in [3.05, 3.63) is 50.6 Å². The largest absolute Gasteiger partial charge is 0.479 e. The SMILES string of the molecule is N#Cc1c(Br)cccc1NC(C(=O)O)c1cccs1. The lowest BCUT2D eigenvalue weighted by Crippen LogP contribution is -2.20. The summed E-state index contributed by atoms with van der Waals surface area (Å²) in [4.78, 5) is 12.0. The molecular weight excluding hydrogens is 328 g/mol. The molecule has 1 unspecified atom stereocenters. The number of hydrogen-bond acceptors (Lipinski definition) is 4. The highest BCUT2D eigenvalue weighted by atomic mass is 79.9. The molecule has 0 fully saturated rings. The Labute approximate surface area is 122 Å². The number of halogens is 1. The monoisotopic (exact) mass is 336 g/mol. The van der Waals surface area contributed by atoms with Crippen molar-refractivity contribution in [2.45, 2.75) is 6.04 Å². The van der Waals surface area contributed by atoms with Gasteiger partial charge in [-0.15, -0.1) is 11.3 Å². The van der Waals surface area contributed by atoms with E-state index in [4.69, 9.17) is 5.26 Å². The van der Waals surface area contributed by atoms with E-state index in [1.54, 1.807) is 30.3 Å². The predicted octanol–water partition coefficient (Wildman–Crippen LogP) is 3.62.